The summed E-state index contributed by atoms with van der Waals surface area (Å²) in [6, 6.07) is 3.17. The average molecular weight is 179 g/mol. The monoisotopic (exact) mass is 178 g/mol. The van der Waals surface area contributed by atoms with E-state index in [9.17, 15) is 0 Å². The molecule has 0 heterocycles. The lowest BCUT2D eigenvalue weighted by Gasteiger charge is -2.14. The highest BCUT2D eigenvalue weighted by atomic mass is 28.2. The lowest BCUT2D eigenvalue weighted by Crippen LogP contribution is -2.01. The highest BCUT2D eigenvalue weighted by Gasteiger charge is 2.05. The van der Waals surface area contributed by atoms with Crippen LogP contribution in [0.1, 0.15) is 0 Å². The van der Waals surface area contributed by atoms with E-state index in [4.69, 9.17) is 0 Å². The van der Waals surface area contributed by atoms with Gasteiger partial charge in [-0.3, -0.25) is 0 Å². The molecule has 0 bridgehead atoms. The van der Waals surface area contributed by atoms with E-state index < -0.39 is 0 Å². The minimum atomic E-state index is 1.21. The normalized spacial score (nSPS) is 19.5. The minimum absolute atomic E-state index is 1.21. The van der Waals surface area contributed by atoms with E-state index in [-0.39, 0.29) is 0 Å². The highest BCUT2D eigenvalue weighted by molar-refractivity contribution is 6.27. The van der Waals surface area contributed by atoms with Gasteiger partial charge in [0.15, 0.2) is 0 Å². The fourth-order valence-corrected chi connectivity index (χ4v) is 5.24. The minimum Gasteiger partial charge on any atom is -0.0662 e. The maximum Gasteiger partial charge on any atom is 0.00626 e. The van der Waals surface area contributed by atoms with Gasteiger partial charge in [-0.2, -0.15) is 0 Å². The van der Waals surface area contributed by atoms with E-state index >= 15 is 0 Å². The third-order valence-corrected chi connectivity index (χ3v) is 13.3. The molecule has 0 N–H and O–H groups in total. The highest BCUT2D eigenvalue weighted by Crippen LogP contribution is 2.22. The van der Waals surface area contributed by atoms with Gasteiger partial charge in [-0.25, -0.2) is 0 Å². The summed E-state index contributed by atoms with van der Waals surface area (Å²) >= 11 is 0. The van der Waals surface area contributed by atoms with Crippen molar-refractivity contribution in [3.8, 4) is 0 Å². The lowest BCUT2D eigenvalue weighted by molar-refractivity contribution is 0.871. The zero-order valence-corrected chi connectivity index (χ0v) is 14.6. The summed E-state index contributed by atoms with van der Waals surface area (Å²) in [5.74, 6) is 0. The van der Waals surface area contributed by atoms with Crippen molar-refractivity contribution >= 4 is 41.0 Å². The van der Waals surface area contributed by atoms with Gasteiger partial charge in [-0.1, -0.05) is 23.2 Å². The second kappa shape index (κ2) is 4.72. The van der Waals surface area contributed by atoms with Gasteiger partial charge >= 0.3 is 0 Å². The van der Waals surface area contributed by atoms with Crippen molar-refractivity contribution in [3.05, 3.63) is 0 Å². The molecular formula is C4H18Si4. The van der Waals surface area contributed by atoms with Crippen molar-refractivity contribution < 1.29 is 0 Å². The van der Waals surface area contributed by atoms with E-state index in [0.29, 0.717) is 0 Å². The van der Waals surface area contributed by atoms with Crippen LogP contribution in [0.25, 0.3) is 0 Å². The Morgan fingerprint density at radius 3 is 1.25 bits per heavy atom. The third-order valence-electron chi connectivity index (χ3n) is 2.26. The van der Waals surface area contributed by atoms with E-state index in [1.54, 1.807) is 12.1 Å². The van der Waals surface area contributed by atoms with E-state index in [1.165, 1.54) is 52.1 Å². The summed E-state index contributed by atoms with van der Waals surface area (Å²) < 4.78 is 0. The van der Waals surface area contributed by atoms with Gasteiger partial charge in [0.05, 0.1) is 0 Å². The molecule has 50 valence electrons. The Balaban J connectivity index is 3.29. The third kappa shape index (κ3) is 3.01. The van der Waals surface area contributed by atoms with Gasteiger partial charge in [-0.15, -0.1) is 0 Å². The molecule has 0 fully saturated rings. The first-order chi connectivity index (χ1) is 3.72. The summed E-state index contributed by atoms with van der Waals surface area (Å²) in [4.78, 5) is 0. The molecule has 0 aromatic rings. The SMILES string of the molecule is [SiH3]CC([SiH3])C([SiH3])C[SiH3]. The van der Waals surface area contributed by atoms with Gasteiger partial charge in [-0.05, 0) is 0 Å². The predicted octanol–water partition coefficient (Wildman–Crippen LogP) is -3.14. The molecule has 0 aliphatic rings. The Bertz CT molecular complexity index is 48.0. The summed E-state index contributed by atoms with van der Waals surface area (Å²) in [6.45, 7) is 0. The summed E-state index contributed by atoms with van der Waals surface area (Å²) in [6.07, 6.45) is 0. The van der Waals surface area contributed by atoms with Crippen LogP contribution in [0.5, 0.6) is 0 Å². The molecule has 0 aliphatic heterocycles. The van der Waals surface area contributed by atoms with Gasteiger partial charge < -0.3 is 0 Å². The van der Waals surface area contributed by atoms with Gasteiger partial charge in [0.1, 0.15) is 0 Å². The van der Waals surface area contributed by atoms with Crippen LogP contribution >= 0.6 is 0 Å². The molecule has 0 radical (unpaired) electrons. The molecule has 0 amide bonds. The number of hydrogen-bond acceptors (Lipinski definition) is 0. The molecule has 8 heavy (non-hydrogen) atoms. The molecular weight excluding hydrogens is 160 g/mol. The standard InChI is InChI=1S/C4H18Si4/c5-1-3(7)4(8)2-6/h3-4H,1-2H2,5-8H3. The molecule has 0 spiro atoms. The second-order valence-electron chi connectivity index (χ2n) is 2.77. The Kier molecular flexibility index (Phi) is 5.23. The van der Waals surface area contributed by atoms with Gasteiger partial charge in [0, 0.05) is 41.0 Å². The number of hydrogen-bond donors (Lipinski definition) is 0. The largest absolute Gasteiger partial charge is 0.0662 e. The molecule has 0 nitrogen and oxygen atoms in total. The quantitative estimate of drug-likeness (QED) is 0.401. The van der Waals surface area contributed by atoms with Crippen molar-refractivity contribution in [3.63, 3.8) is 0 Å². The van der Waals surface area contributed by atoms with Crippen LogP contribution in [0.2, 0.25) is 23.2 Å². The zero-order chi connectivity index (χ0) is 6.57. The van der Waals surface area contributed by atoms with Crippen LogP contribution in [0, 0.1) is 0 Å². The van der Waals surface area contributed by atoms with Crippen molar-refractivity contribution in [1.29, 1.82) is 0 Å². The average Bonchev–Trinajstić information content (AvgIpc) is 1.84. The van der Waals surface area contributed by atoms with Crippen molar-refractivity contribution in [2.45, 2.75) is 23.2 Å². The molecule has 0 rings (SSSR count). The van der Waals surface area contributed by atoms with Crippen molar-refractivity contribution in [1.82, 2.24) is 0 Å². The Morgan fingerprint density at radius 1 is 0.875 bits per heavy atom. The predicted molar refractivity (Wildman–Crippen MR) is 56.9 cm³/mol. The van der Waals surface area contributed by atoms with Crippen LogP contribution in [0.3, 0.4) is 0 Å². The maximum atomic E-state index is 1.59. The molecule has 0 aromatic heterocycles. The fraction of sp³-hybridized carbons (Fsp3) is 1.00. The summed E-state index contributed by atoms with van der Waals surface area (Å²) in [7, 11) is 5.85. The Labute approximate surface area is 64.5 Å². The second-order valence-corrected chi connectivity index (χ2v) is 7.37. The van der Waals surface area contributed by atoms with Crippen LogP contribution < -0.4 is 0 Å². The Hall–Kier alpha value is 0.868. The van der Waals surface area contributed by atoms with Crippen LogP contribution in [-0.2, 0) is 0 Å². The van der Waals surface area contributed by atoms with E-state index in [0.717, 1.165) is 0 Å². The van der Waals surface area contributed by atoms with E-state index in [1.807, 2.05) is 0 Å². The smallest absolute Gasteiger partial charge is 0.00626 e. The first-order valence-electron chi connectivity index (χ1n) is 3.72. The first kappa shape index (κ1) is 8.87. The Morgan fingerprint density at radius 2 is 1.12 bits per heavy atom. The van der Waals surface area contributed by atoms with Crippen molar-refractivity contribution in [2.24, 2.45) is 0 Å². The molecule has 0 aliphatic carbocycles. The first-order valence-corrected chi connectivity index (χ1v) is 8.86. The molecule has 2 unspecified atom stereocenters. The summed E-state index contributed by atoms with van der Waals surface area (Å²) in [5, 5.41) is 0. The van der Waals surface area contributed by atoms with Gasteiger partial charge in [0.25, 0.3) is 0 Å². The van der Waals surface area contributed by atoms with Crippen LogP contribution in [-0.4, -0.2) is 41.0 Å². The molecule has 0 saturated heterocycles. The fourth-order valence-electron chi connectivity index (χ4n) is 0.805. The maximum absolute atomic E-state index is 1.59. The lowest BCUT2D eigenvalue weighted by atomic mass is 10.3. The molecule has 0 saturated carbocycles. The van der Waals surface area contributed by atoms with Gasteiger partial charge in [0.2, 0.25) is 0 Å². The van der Waals surface area contributed by atoms with Crippen LogP contribution in [0.4, 0.5) is 0 Å². The van der Waals surface area contributed by atoms with E-state index in [2.05, 4.69) is 0 Å². The molecule has 2 atom stereocenters. The molecule has 4 heteroatoms. The van der Waals surface area contributed by atoms with Crippen LogP contribution in [0.15, 0.2) is 0 Å². The number of rotatable bonds is 3. The van der Waals surface area contributed by atoms with Crippen molar-refractivity contribution in [2.75, 3.05) is 0 Å². The summed E-state index contributed by atoms with van der Waals surface area (Å²) in [5.41, 5.74) is 2.43. The topological polar surface area (TPSA) is 0 Å². The zero-order valence-electron chi connectivity index (χ0n) is 6.57. The molecule has 0 aromatic carbocycles.